The largest absolute Gasteiger partial charge is 0.504 e. The molecule has 3 saturated carbocycles. The second kappa shape index (κ2) is 12.1. The highest BCUT2D eigenvalue weighted by Crippen LogP contribution is 2.72. The smallest absolute Gasteiger partial charge is 0.331 e. The van der Waals surface area contributed by atoms with Crippen LogP contribution < -0.4 is 4.74 Å². The van der Waals surface area contributed by atoms with Gasteiger partial charge in [0.05, 0.1) is 7.11 Å². The van der Waals surface area contributed by atoms with Gasteiger partial charge in [-0.2, -0.15) is 0 Å². The number of ether oxygens (including phenoxy) is 2. The summed E-state index contributed by atoms with van der Waals surface area (Å²) in [4.78, 5) is 12.7. The SMILES string of the molecule is C=C(CC[C@@H](C)[C@H]1CC[C@@]2(C)[C@@H]3CC=C4C[C@@H](OC(=O)/C=C/c5ccc(OC)c(O)c5)CC[C@]4(C)[C@H]3CC[C@]12C)C(C)C. The van der Waals surface area contributed by atoms with E-state index in [9.17, 15) is 9.90 Å². The molecule has 0 aromatic heterocycles. The first-order valence-electron chi connectivity index (χ1n) is 16.9. The van der Waals surface area contributed by atoms with E-state index in [4.69, 9.17) is 9.47 Å². The van der Waals surface area contributed by atoms with Crippen molar-refractivity contribution in [1.29, 1.82) is 0 Å². The maximum atomic E-state index is 12.7. The van der Waals surface area contributed by atoms with Crippen LogP contribution in [0, 0.1) is 45.8 Å². The number of carbonyl (C=O) groups is 1. The number of aromatic hydroxyl groups is 1. The minimum absolute atomic E-state index is 0.0552. The molecule has 3 fully saturated rings. The number of phenols is 1. The number of hydrogen-bond acceptors (Lipinski definition) is 4. The minimum Gasteiger partial charge on any atom is -0.504 e. The average Bonchev–Trinajstić information content (AvgIpc) is 3.25. The van der Waals surface area contributed by atoms with Gasteiger partial charge >= 0.3 is 5.97 Å². The number of allylic oxidation sites excluding steroid dienone is 2. The predicted octanol–water partition coefficient (Wildman–Crippen LogP) is 9.92. The maximum Gasteiger partial charge on any atom is 0.331 e. The fourth-order valence-electron chi connectivity index (χ4n) is 10.2. The van der Waals surface area contributed by atoms with Crippen LogP contribution in [-0.4, -0.2) is 24.3 Å². The molecule has 1 N–H and O–H groups in total. The minimum atomic E-state index is -0.317. The zero-order valence-corrected chi connectivity index (χ0v) is 27.9. The Bertz CT molecular complexity index is 1270. The molecular formula is C39H56O4. The molecule has 236 valence electrons. The molecule has 8 atom stereocenters. The van der Waals surface area contributed by atoms with Crippen LogP contribution in [0.15, 0.2) is 48.1 Å². The highest BCUT2D eigenvalue weighted by atomic mass is 16.5. The van der Waals surface area contributed by atoms with Crippen LogP contribution >= 0.6 is 0 Å². The number of phenolic OH excluding ortho intramolecular Hbond substituents is 1. The Kier molecular flexibility index (Phi) is 9.00. The lowest BCUT2D eigenvalue weighted by atomic mass is 9.42. The van der Waals surface area contributed by atoms with Crippen LogP contribution in [0.3, 0.4) is 0 Å². The molecule has 0 radical (unpaired) electrons. The van der Waals surface area contributed by atoms with Gasteiger partial charge in [-0.1, -0.05) is 71.4 Å². The van der Waals surface area contributed by atoms with Crippen molar-refractivity contribution in [3.63, 3.8) is 0 Å². The van der Waals surface area contributed by atoms with Crippen molar-refractivity contribution in [3.05, 3.63) is 53.6 Å². The predicted molar refractivity (Wildman–Crippen MR) is 176 cm³/mol. The Hall–Kier alpha value is -2.49. The van der Waals surface area contributed by atoms with Crippen LogP contribution in [0.4, 0.5) is 0 Å². The quantitative estimate of drug-likeness (QED) is 0.177. The number of carbonyl (C=O) groups excluding carboxylic acids is 1. The first-order valence-corrected chi connectivity index (χ1v) is 16.9. The maximum absolute atomic E-state index is 12.7. The van der Waals surface area contributed by atoms with E-state index in [1.165, 1.54) is 69.3 Å². The summed E-state index contributed by atoms with van der Waals surface area (Å²) in [7, 11) is 1.52. The Morgan fingerprint density at radius 3 is 2.51 bits per heavy atom. The molecule has 4 aliphatic carbocycles. The molecule has 4 nitrogen and oxygen atoms in total. The van der Waals surface area contributed by atoms with Crippen molar-refractivity contribution in [2.45, 2.75) is 112 Å². The van der Waals surface area contributed by atoms with Gasteiger partial charge in [0, 0.05) is 12.5 Å². The normalized spacial score (nSPS) is 36.0. The van der Waals surface area contributed by atoms with Crippen molar-refractivity contribution in [2.24, 2.45) is 45.8 Å². The first-order chi connectivity index (χ1) is 20.3. The topological polar surface area (TPSA) is 55.8 Å². The molecule has 4 heteroatoms. The molecule has 0 saturated heterocycles. The summed E-state index contributed by atoms with van der Waals surface area (Å²) in [5.74, 6) is 3.75. The van der Waals surface area contributed by atoms with Crippen molar-refractivity contribution in [2.75, 3.05) is 7.11 Å². The number of esters is 1. The second-order valence-electron chi connectivity index (χ2n) is 15.5. The van der Waals surface area contributed by atoms with Gasteiger partial charge in [0.2, 0.25) is 0 Å². The summed E-state index contributed by atoms with van der Waals surface area (Å²) in [5, 5.41) is 10.0. The van der Waals surface area contributed by atoms with E-state index < -0.39 is 0 Å². The van der Waals surface area contributed by atoms with E-state index in [1.54, 1.807) is 18.2 Å². The summed E-state index contributed by atoms with van der Waals surface area (Å²) >= 11 is 0. The van der Waals surface area contributed by atoms with Crippen LogP contribution in [0.2, 0.25) is 0 Å². The lowest BCUT2D eigenvalue weighted by Crippen LogP contribution is -2.55. The second-order valence-corrected chi connectivity index (χ2v) is 15.5. The van der Waals surface area contributed by atoms with E-state index in [2.05, 4.69) is 54.2 Å². The van der Waals surface area contributed by atoms with Gasteiger partial charge in [0.25, 0.3) is 0 Å². The Morgan fingerprint density at radius 1 is 1.07 bits per heavy atom. The lowest BCUT2D eigenvalue weighted by Gasteiger charge is -2.63. The lowest BCUT2D eigenvalue weighted by molar-refractivity contribution is -0.146. The van der Waals surface area contributed by atoms with Gasteiger partial charge in [-0.25, -0.2) is 4.79 Å². The summed E-state index contributed by atoms with van der Waals surface area (Å²) in [6.07, 6.45) is 17.6. The van der Waals surface area contributed by atoms with Gasteiger partial charge in [-0.05, 0) is 127 Å². The van der Waals surface area contributed by atoms with Crippen molar-refractivity contribution >= 4 is 12.0 Å². The van der Waals surface area contributed by atoms with E-state index >= 15 is 0 Å². The highest BCUT2D eigenvalue weighted by molar-refractivity contribution is 5.87. The third kappa shape index (κ3) is 5.73. The third-order valence-electron chi connectivity index (χ3n) is 13.3. The standard InChI is InChI=1S/C39H56O4/c1-25(2)26(3)9-10-27(4)31-18-21-39(7)33-14-13-29-24-30(17-20-37(29,5)32(33)19-22-38(31,39)6)43-36(41)16-12-28-11-15-35(42-8)34(40)23-28/h11-13,15-16,23,25,27,30-33,40H,3,9-10,14,17-22,24H2,1-2,4-8H3/b16-12+/t27-,30+,31-,32+,33-,37+,38-,39+/m1/s1. The monoisotopic (exact) mass is 588 g/mol. The molecule has 1 aromatic carbocycles. The first kappa shape index (κ1) is 31.9. The van der Waals surface area contributed by atoms with Crippen LogP contribution in [-0.2, 0) is 9.53 Å². The van der Waals surface area contributed by atoms with Crippen LogP contribution in [0.5, 0.6) is 11.5 Å². The van der Waals surface area contributed by atoms with E-state index in [1.807, 2.05) is 6.07 Å². The summed E-state index contributed by atoms with van der Waals surface area (Å²) < 4.78 is 11.1. The Labute approximate surface area is 261 Å². The summed E-state index contributed by atoms with van der Waals surface area (Å²) in [6.45, 7) is 19.3. The molecule has 5 rings (SSSR count). The molecule has 0 unspecified atom stereocenters. The summed E-state index contributed by atoms with van der Waals surface area (Å²) in [6, 6.07) is 5.09. The molecule has 1 aromatic rings. The van der Waals surface area contributed by atoms with Crippen molar-refractivity contribution in [3.8, 4) is 11.5 Å². The average molecular weight is 589 g/mol. The highest BCUT2D eigenvalue weighted by Gasteiger charge is 2.64. The number of hydrogen-bond donors (Lipinski definition) is 1. The van der Waals surface area contributed by atoms with Gasteiger partial charge < -0.3 is 14.6 Å². The molecule has 0 heterocycles. The van der Waals surface area contributed by atoms with E-state index in [-0.39, 0.29) is 23.2 Å². The molecular weight excluding hydrogens is 532 g/mol. The molecule has 0 amide bonds. The fourth-order valence-corrected chi connectivity index (χ4v) is 10.2. The number of rotatable bonds is 9. The zero-order chi connectivity index (χ0) is 31.2. The molecule has 0 bridgehead atoms. The van der Waals surface area contributed by atoms with Crippen molar-refractivity contribution in [1.82, 2.24) is 0 Å². The molecule has 0 spiro atoms. The van der Waals surface area contributed by atoms with E-state index in [0.717, 1.165) is 48.5 Å². The summed E-state index contributed by atoms with van der Waals surface area (Å²) in [5.41, 5.74) is 4.69. The number of methoxy groups -OCH3 is 1. The molecule has 43 heavy (non-hydrogen) atoms. The van der Waals surface area contributed by atoms with Crippen LogP contribution in [0.1, 0.15) is 111 Å². The third-order valence-corrected chi connectivity index (χ3v) is 13.3. The number of fused-ring (bicyclic) bond motifs is 5. The number of benzene rings is 1. The van der Waals surface area contributed by atoms with Crippen LogP contribution in [0.25, 0.3) is 6.08 Å². The van der Waals surface area contributed by atoms with Gasteiger partial charge in [0.15, 0.2) is 11.5 Å². The molecule has 0 aliphatic heterocycles. The zero-order valence-electron chi connectivity index (χ0n) is 27.9. The van der Waals surface area contributed by atoms with Gasteiger partial charge in [-0.15, -0.1) is 0 Å². The van der Waals surface area contributed by atoms with E-state index in [0.29, 0.717) is 22.5 Å². The fraction of sp³-hybridized carbons (Fsp3) is 0.667. The van der Waals surface area contributed by atoms with Crippen molar-refractivity contribution < 1.29 is 19.4 Å². The Morgan fingerprint density at radius 2 is 1.81 bits per heavy atom. The van der Waals surface area contributed by atoms with Gasteiger partial charge in [-0.3, -0.25) is 0 Å². The molecule has 4 aliphatic rings. The van der Waals surface area contributed by atoms with Gasteiger partial charge in [0.1, 0.15) is 6.10 Å². The Balaban J connectivity index is 1.24.